The average molecular weight is 286 g/mol. The van der Waals surface area contributed by atoms with E-state index in [9.17, 15) is 14.7 Å². The van der Waals surface area contributed by atoms with Gasteiger partial charge in [0.05, 0.1) is 5.92 Å². The van der Waals surface area contributed by atoms with Crippen LogP contribution in [0.25, 0.3) is 0 Å². The number of carbonyl (C=O) groups is 2. The Bertz CT molecular complexity index is 322. The van der Waals surface area contributed by atoms with E-state index >= 15 is 0 Å². The number of carboxylic acids is 1. The number of urea groups is 1. The van der Waals surface area contributed by atoms with Crippen LogP contribution in [0.4, 0.5) is 4.79 Å². The summed E-state index contributed by atoms with van der Waals surface area (Å²) in [5.41, 5.74) is 0. The summed E-state index contributed by atoms with van der Waals surface area (Å²) in [6.07, 6.45) is 5.02. The van der Waals surface area contributed by atoms with Crippen molar-refractivity contribution >= 4 is 12.0 Å². The van der Waals surface area contributed by atoms with Crippen molar-refractivity contribution in [3.05, 3.63) is 0 Å². The highest BCUT2D eigenvalue weighted by atomic mass is 16.5. The van der Waals surface area contributed by atoms with Crippen molar-refractivity contribution in [2.45, 2.75) is 57.5 Å². The number of aliphatic carboxylic acids is 1. The largest absolute Gasteiger partial charge is 0.481 e. The smallest absolute Gasteiger partial charge is 0.315 e. The second-order valence-corrected chi connectivity index (χ2v) is 5.49. The van der Waals surface area contributed by atoms with E-state index in [0.29, 0.717) is 13.0 Å². The molecule has 2 amide bonds. The minimum Gasteiger partial charge on any atom is -0.481 e. The number of methoxy groups -OCH3 is 1. The first-order chi connectivity index (χ1) is 9.54. The normalized spacial score (nSPS) is 24.5. The molecule has 3 unspecified atom stereocenters. The summed E-state index contributed by atoms with van der Waals surface area (Å²) in [4.78, 5) is 23.2. The van der Waals surface area contributed by atoms with E-state index in [1.54, 1.807) is 7.11 Å². The molecular formula is C14H26N2O4. The van der Waals surface area contributed by atoms with Crippen LogP contribution < -0.4 is 10.6 Å². The molecule has 6 heteroatoms. The lowest BCUT2D eigenvalue weighted by molar-refractivity contribution is -0.142. The molecule has 0 radical (unpaired) electrons. The van der Waals surface area contributed by atoms with E-state index in [2.05, 4.69) is 10.6 Å². The third-order valence-corrected chi connectivity index (χ3v) is 3.78. The van der Waals surface area contributed by atoms with Crippen molar-refractivity contribution in [3.8, 4) is 0 Å². The molecule has 3 N–H and O–H groups in total. The highest BCUT2D eigenvalue weighted by Gasteiger charge is 2.30. The number of rotatable bonds is 6. The van der Waals surface area contributed by atoms with Crippen LogP contribution in [0, 0.1) is 5.92 Å². The van der Waals surface area contributed by atoms with E-state index in [-0.39, 0.29) is 18.1 Å². The second-order valence-electron chi connectivity index (χ2n) is 5.49. The molecule has 0 aromatic carbocycles. The number of hydrogen-bond donors (Lipinski definition) is 3. The number of carbonyl (C=O) groups excluding carboxylic acids is 1. The SMILES string of the molecule is COCCC(C)NC(=O)NC1CCCCCC1C(=O)O. The summed E-state index contributed by atoms with van der Waals surface area (Å²) >= 11 is 0. The Balaban J connectivity index is 2.46. The summed E-state index contributed by atoms with van der Waals surface area (Å²) < 4.78 is 4.96. The molecular weight excluding hydrogens is 260 g/mol. The molecule has 0 spiro atoms. The van der Waals surface area contributed by atoms with Crippen LogP contribution in [0.1, 0.15) is 45.4 Å². The van der Waals surface area contributed by atoms with Crippen molar-refractivity contribution in [1.82, 2.24) is 10.6 Å². The standard InChI is InChI=1S/C14H26N2O4/c1-10(8-9-20-2)15-14(19)16-12-7-5-3-4-6-11(12)13(17)18/h10-12H,3-9H2,1-2H3,(H,17,18)(H2,15,16,19). The number of nitrogens with one attached hydrogen (secondary N) is 2. The van der Waals surface area contributed by atoms with Gasteiger partial charge in [0.25, 0.3) is 0 Å². The van der Waals surface area contributed by atoms with Crippen LogP contribution in [-0.2, 0) is 9.53 Å². The monoisotopic (exact) mass is 286 g/mol. The lowest BCUT2D eigenvalue weighted by Gasteiger charge is -2.24. The minimum atomic E-state index is -0.815. The van der Waals surface area contributed by atoms with Gasteiger partial charge in [0.15, 0.2) is 0 Å². The van der Waals surface area contributed by atoms with E-state index in [4.69, 9.17) is 4.74 Å². The van der Waals surface area contributed by atoms with Crippen LogP contribution in [0.3, 0.4) is 0 Å². The van der Waals surface area contributed by atoms with Crippen molar-refractivity contribution < 1.29 is 19.4 Å². The average Bonchev–Trinajstić information content (AvgIpc) is 2.61. The molecule has 0 aromatic rings. The van der Waals surface area contributed by atoms with Crippen LogP contribution in [0.2, 0.25) is 0 Å². The highest BCUT2D eigenvalue weighted by molar-refractivity contribution is 5.76. The van der Waals surface area contributed by atoms with Crippen LogP contribution >= 0.6 is 0 Å². The Hall–Kier alpha value is -1.30. The van der Waals surface area contributed by atoms with E-state index in [1.807, 2.05) is 6.92 Å². The molecule has 116 valence electrons. The van der Waals surface area contributed by atoms with Crippen molar-refractivity contribution in [2.24, 2.45) is 5.92 Å². The molecule has 1 aliphatic rings. The molecule has 0 heterocycles. The van der Waals surface area contributed by atoms with Gasteiger partial charge in [-0.3, -0.25) is 4.79 Å². The van der Waals surface area contributed by atoms with Crippen LogP contribution in [-0.4, -0.2) is 42.9 Å². The Morgan fingerprint density at radius 2 is 2.00 bits per heavy atom. The van der Waals surface area contributed by atoms with Gasteiger partial charge in [0.1, 0.15) is 0 Å². The first kappa shape index (κ1) is 16.8. The maximum atomic E-state index is 11.9. The Morgan fingerprint density at radius 3 is 2.65 bits per heavy atom. The lowest BCUT2D eigenvalue weighted by atomic mass is 9.95. The molecule has 0 aromatic heterocycles. The Kier molecular flexibility index (Phi) is 7.36. The van der Waals surface area contributed by atoms with Gasteiger partial charge in [-0.1, -0.05) is 19.3 Å². The summed E-state index contributed by atoms with van der Waals surface area (Å²) in [7, 11) is 1.62. The fourth-order valence-corrected chi connectivity index (χ4v) is 2.58. The van der Waals surface area contributed by atoms with Crippen LogP contribution in [0.5, 0.6) is 0 Å². The van der Waals surface area contributed by atoms with Gasteiger partial charge >= 0.3 is 12.0 Å². The molecule has 0 aliphatic heterocycles. The van der Waals surface area contributed by atoms with E-state index in [1.165, 1.54) is 0 Å². The predicted molar refractivity (Wildman–Crippen MR) is 75.6 cm³/mol. The zero-order valence-corrected chi connectivity index (χ0v) is 12.4. The summed E-state index contributed by atoms with van der Waals surface area (Å²) in [5, 5.41) is 14.9. The number of carboxylic acid groups (broad SMARTS) is 1. The Morgan fingerprint density at radius 1 is 1.30 bits per heavy atom. The first-order valence-electron chi connectivity index (χ1n) is 7.33. The topological polar surface area (TPSA) is 87.7 Å². The van der Waals surface area contributed by atoms with Gasteiger partial charge in [0, 0.05) is 25.8 Å². The number of hydrogen-bond acceptors (Lipinski definition) is 3. The van der Waals surface area contributed by atoms with Gasteiger partial charge in [-0.05, 0) is 26.2 Å². The van der Waals surface area contributed by atoms with Crippen molar-refractivity contribution in [1.29, 1.82) is 0 Å². The molecule has 6 nitrogen and oxygen atoms in total. The van der Waals surface area contributed by atoms with Crippen molar-refractivity contribution in [2.75, 3.05) is 13.7 Å². The number of amides is 2. The van der Waals surface area contributed by atoms with E-state index < -0.39 is 11.9 Å². The fourth-order valence-electron chi connectivity index (χ4n) is 2.58. The number of ether oxygens (including phenoxy) is 1. The maximum Gasteiger partial charge on any atom is 0.315 e. The highest BCUT2D eigenvalue weighted by Crippen LogP contribution is 2.23. The zero-order chi connectivity index (χ0) is 15.0. The zero-order valence-electron chi connectivity index (χ0n) is 12.4. The van der Waals surface area contributed by atoms with Gasteiger partial charge < -0.3 is 20.5 Å². The van der Waals surface area contributed by atoms with Crippen molar-refractivity contribution in [3.63, 3.8) is 0 Å². The third-order valence-electron chi connectivity index (χ3n) is 3.78. The quantitative estimate of drug-likeness (QED) is 0.649. The van der Waals surface area contributed by atoms with Gasteiger partial charge in [-0.25, -0.2) is 4.79 Å². The van der Waals surface area contributed by atoms with Gasteiger partial charge in [0.2, 0.25) is 0 Å². The van der Waals surface area contributed by atoms with Gasteiger partial charge in [-0.2, -0.15) is 0 Å². The first-order valence-corrected chi connectivity index (χ1v) is 7.33. The summed E-state index contributed by atoms with van der Waals surface area (Å²) in [6.45, 7) is 2.49. The molecule has 0 bridgehead atoms. The molecule has 1 aliphatic carbocycles. The van der Waals surface area contributed by atoms with Gasteiger partial charge in [-0.15, -0.1) is 0 Å². The summed E-state index contributed by atoms with van der Waals surface area (Å²) in [6, 6.07) is -0.555. The summed E-state index contributed by atoms with van der Waals surface area (Å²) in [5.74, 6) is -1.29. The fraction of sp³-hybridized carbons (Fsp3) is 0.857. The lowest BCUT2D eigenvalue weighted by Crippen LogP contribution is -2.49. The maximum absolute atomic E-state index is 11.9. The van der Waals surface area contributed by atoms with Crippen LogP contribution in [0.15, 0.2) is 0 Å². The molecule has 20 heavy (non-hydrogen) atoms. The van der Waals surface area contributed by atoms with E-state index in [0.717, 1.165) is 32.1 Å². The second kappa shape index (κ2) is 8.79. The molecule has 1 fully saturated rings. The minimum absolute atomic E-state index is 0.00371. The molecule has 3 atom stereocenters. The molecule has 1 saturated carbocycles. The molecule has 1 rings (SSSR count). The Labute approximate surface area is 120 Å². The predicted octanol–water partition coefficient (Wildman–Crippen LogP) is 1.74. The third kappa shape index (κ3) is 5.77. The molecule has 0 saturated heterocycles.